The van der Waals surface area contributed by atoms with Crippen molar-refractivity contribution in [3.63, 3.8) is 0 Å². The van der Waals surface area contributed by atoms with Crippen LogP contribution in [0, 0.1) is 11.6 Å². The average Bonchev–Trinajstić information content (AvgIpc) is 2.62. The van der Waals surface area contributed by atoms with Crippen molar-refractivity contribution in [3.8, 4) is 5.75 Å². The number of benzene rings is 2. The molecule has 25 heavy (non-hydrogen) atoms. The van der Waals surface area contributed by atoms with Gasteiger partial charge in [0.05, 0.1) is 18.2 Å². The maximum Gasteiger partial charge on any atom is 0.139 e. The molecule has 1 saturated heterocycles. The summed E-state index contributed by atoms with van der Waals surface area (Å²) in [7, 11) is 0. The Bertz CT molecular complexity index is 690. The Balaban J connectivity index is 1.74. The van der Waals surface area contributed by atoms with Crippen molar-refractivity contribution < 1.29 is 18.3 Å². The SMILES string of the molecule is Fc1ccc(C(CCN2CCOCC2)Oc2ccc(F)cc2Cl)cc1. The number of rotatable bonds is 6. The highest BCUT2D eigenvalue weighted by molar-refractivity contribution is 6.32. The maximum absolute atomic E-state index is 13.2. The van der Waals surface area contributed by atoms with E-state index >= 15 is 0 Å². The largest absolute Gasteiger partial charge is 0.484 e. The van der Waals surface area contributed by atoms with Gasteiger partial charge in [0.25, 0.3) is 0 Å². The summed E-state index contributed by atoms with van der Waals surface area (Å²) in [6.45, 7) is 4.04. The second-order valence-corrected chi connectivity index (χ2v) is 6.38. The van der Waals surface area contributed by atoms with Crippen molar-refractivity contribution in [2.24, 2.45) is 0 Å². The lowest BCUT2D eigenvalue weighted by Crippen LogP contribution is -2.37. The number of morpholine rings is 1. The third-order valence-corrected chi connectivity index (χ3v) is 4.51. The van der Waals surface area contributed by atoms with Crippen LogP contribution in [0.1, 0.15) is 18.1 Å². The quantitative estimate of drug-likeness (QED) is 0.752. The fourth-order valence-corrected chi connectivity index (χ4v) is 3.03. The number of halogens is 3. The molecule has 6 heteroatoms. The summed E-state index contributed by atoms with van der Waals surface area (Å²) in [4.78, 5) is 2.30. The van der Waals surface area contributed by atoms with Crippen LogP contribution < -0.4 is 4.74 Å². The van der Waals surface area contributed by atoms with Crippen molar-refractivity contribution in [2.75, 3.05) is 32.8 Å². The Hall–Kier alpha value is -1.69. The molecule has 1 aliphatic rings. The molecule has 0 spiro atoms. The van der Waals surface area contributed by atoms with Gasteiger partial charge in [-0.1, -0.05) is 23.7 Å². The molecule has 0 aromatic heterocycles. The Morgan fingerprint density at radius 2 is 1.72 bits per heavy atom. The van der Waals surface area contributed by atoms with Crippen LogP contribution in [0.15, 0.2) is 42.5 Å². The van der Waals surface area contributed by atoms with E-state index in [0.717, 1.165) is 38.4 Å². The highest BCUT2D eigenvalue weighted by Gasteiger charge is 2.18. The second-order valence-electron chi connectivity index (χ2n) is 5.98. The van der Waals surface area contributed by atoms with E-state index in [1.54, 1.807) is 12.1 Å². The van der Waals surface area contributed by atoms with Crippen molar-refractivity contribution >= 4 is 11.6 Å². The molecule has 3 nitrogen and oxygen atoms in total. The molecule has 134 valence electrons. The van der Waals surface area contributed by atoms with Gasteiger partial charge in [-0.2, -0.15) is 0 Å². The first-order valence-electron chi connectivity index (χ1n) is 8.29. The lowest BCUT2D eigenvalue weighted by Gasteiger charge is -2.29. The molecule has 2 aromatic carbocycles. The summed E-state index contributed by atoms with van der Waals surface area (Å²) in [5, 5.41) is 0.221. The Morgan fingerprint density at radius 1 is 1.04 bits per heavy atom. The number of nitrogens with zero attached hydrogens (tertiary/aromatic N) is 1. The molecule has 0 radical (unpaired) electrons. The minimum atomic E-state index is -0.413. The van der Waals surface area contributed by atoms with Gasteiger partial charge in [-0.25, -0.2) is 8.78 Å². The zero-order valence-corrected chi connectivity index (χ0v) is 14.5. The molecule has 0 saturated carbocycles. The lowest BCUT2D eigenvalue weighted by molar-refractivity contribution is 0.0317. The zero-order valence-electron chi connectivity index (χ0n) is 13.8. The van der Waals surface area contributed by atoms with Crippen LogP contribution in [0.25, 0.3) is 0 Å². The lowest BCUT2D eigenvalue weighted by atomic mass is 10.1. The molecule has 1 fully saturated rings. The van der Waals surface area contributed by atoms with Crippen molar-refractivity contribution in [1.29, 1.82) is 0 Å². The summed E-state index contributed by atoms with van der Waals surface area (Å²) in [5.74, 6) is -0.293. The van der Waals surface area contributed by atoms with Crippen LogP contribution in [0.4, 0.5) is 8.78 Å². The number of hydrogen-bond acceptors (Lipinski definition) is 3. The van der Waals surface area contributed by atoms with E-state index in [4.69, 9.17) is 21.1 Å². The summed E-state index contributed by atoms with van der Waals surface area (Å²) in [6, 6.07) is 10.3. The zero-order chi connectivity index (χ0) is 17.6. The van der Waals surface area contributed by atoms with E-state index in [1.165, 1.54) is 30.3 Å². The summed E-state index contributed by atoms with van der Waals surface area (Å²) < 4.78 is 37.9. The summed E-state index contributed by atoms with van der Waals surface area (Å²) in [5.41, 5.74) is 0.857. The molecule has 0 bridgehead atoms. The van der Waals surface area contributed by atoms with Crippen LogP contribution in [-0.2, 0) is 4.74 Å². The van der Waals surface area contributed by atoms with E-state index in [0.29, 0.717) is 12.2 Å². The molecule has 1 heterocycles. The van der Waals surface area contributed by atoms with Gasteiger partial charge in [-0.3, -0.25) is 4.90 Å². The van der Waals surface area contributed by atoms with Gasteiger partial charge in [0, 0.05) is 26.1 Å². The molecular formula is C19H20ClF2NO2. The standard InChI is InChI=1S/C19H20ClF2NO2/c20-17-13-16(22)5-6-19(17)25-18(14-1-3-15(21)4-2-14)7-8-23-9-11-24-12-10-23/h1-6,13,18H,7-12H2. The second kappa shape index (κ2) is 8.61. The first-order valence-corrected chi connectivity index (χ1v) is 8.67. The Morgan fingerprint density at radius 3 is 2.40 bits per heavy atom. The van der Waals surface area contributed by atoms with Gasteiger partial charge in [-0.15, -0.1) is 0 Å². The van der Waals surface area contributed by atoms with Crippen molar-refractivity contribution in [3.05, 3.63) is 64.7 Å². The van der Waals surface area contributed by atoms with Gasteiger partial charge in [-0.05, 0) is 35.9 Å². The van der Waals surface area contributed by atoms with E-state index in [-0.39, 0.29) is 16.9 Å². The van der Waals surface area contributed by atoms with E-state index < -0.39 is 5.82 Å². The number of ether oxygens (including phenoxy) is 2. The van der Waals surface area contributed by atoms with Crippen LogP contribution in [0.5, 0.6) is 5.75 Å². The molecule has 1 unspecified atom stereocenters. The number of hydrogen-bond donors (Lipinski definition) is 0. The molecule has 3 rings (SSSR count). The van der Waals surface area contributed by atoms with Crippen molar-refractivity contribution in [1.82, 2.24) is 4.90 Å². The van der Waals surface area contributed by atoms with Crippen LogP contribution >= 0.6 is 11.6 Å². The first-order chi connectivity index (χ1) is 12.1. The molecule has 0 N–H and O–H groups in total. The van der Waals surface area contributed by atoms with Gasteiger partial charge < -0.3 is 9.47 Å². The topological polar surface area (TPSA) is 21.7 Å². The monoisotopic (exact) mass is 367 g/mol. The molecule has 2 aromatic rings. The normalized spacial score (nSPS) is 16.6. The smallest absolute Gasteiger partial charge is 0.139 e. The van der Waals surface area contributed by atoms with E-state index in [9.17, 15) is 8.78 Å². The molecule has 1 aliphatic heterocycles. The molecule has 0 aliphatic carbocycles. The summed E-state index contributed by atoms with van der Waals surface area (Å²) in [6.07, 6.45) is 0.408. The maximum atomic E-state index is 13.2. The Labute approximate surface area is 151 Å². The third kappa shape index (κ3) is 5.14. The average molecular weight is 368 g/mol. The minimum absolute atomic E-state index is 0.221. The van der Waals surface area contributed by atoms with Gasteiger partial charge in [0.15, 0.2) is 0 Å². The van der Waals surface area contributed by atoms with E-state index in [2.05, 4.69) is 4.90 Å². The Kier molecular flexibility index (Phi) is 6.24. The van der Waals surface area contributed by atoms with Gasteiger partial charge in [0.2, 0.25) is 0 Å². The van der Waals surface area contributed by atoms with Crippen LogP contribution in [0.2, 0.25) is 5.02 Å². The fourth-order valence-electron chi connectivity index (χ4n) is 2.82. The predicted molar refractivity (Wildman–Crippen MR) is 93.1 cm³/mol. The summed E-state index contributed by atoms with van der Waals surface area (Å²) >= 11 is 6.08. The van der Waals surface area contributed by atoms with Crippen molar-refractivity contribution in [2.45, 2.75) is 12.5 Å². The van der Waals surface area contributed by atoms with Gasteiger partial charge >= 0.3 is 0 Å². The molecule has 1 atom stereocenters. The predicted octanol–water partition coefficient (Wildman–Crippen LogP) is 4.46. The first kappa shape index (κ1) is 18.1. The highest BCUT2D eigenvalue weighted by Crippen LogP contribution is 2.31. The minimum Gasteiger partial charge on any atom is -0.484 e. The van der Waals surface area contributed by atoms with Crippen LogP contribution in [0.3, 0.4) is 0 Å². The fraction of sp³-hybridized carbons (Fsp3) is 0.368. The van der Waals surface area contributed by atoms with Gasteiger partial charge in [0.1, 0.15) is 23.5 Å². The third-order valence-electron chi connectivity index (χ3n) is 4.22. The van der Waals surface area contributed by atoms with E-state index in [1.807, 2.05) is 0 Å². The molecular weight excluding hydrogens is 348 g/mol. The highest BCUT2D eigenvalue weighted by atomic mass is 35.5. The molecule has 0 amide bonds. The van der Waals surface area contributed by atoms with Crippen LogP contribution in [-0.4, -0.2) is 37.7 Å².